The molecular weight excluding hydrogens is 245 g/mol. The summed E-state index contributed by atoms with van der Waals surface area (Å²) in [5.74, 6) is 0.494. The summed E-state index contributed by atoms with van der Waals surface area (Å²) < 4.78 is 25.6. The third kappa shape index (κ3) is 4.34. The van der Waals surface area contributed by atoms with Crippen LogP contribution in [0.15, 0.2) is 0 Å². The van der Waals surface area contributed by atoms with Gasteiger partial charge in [0.05, 0.1) is 11.3 Å². The van der Waals surface area contributed by atoms with Crippen LogP contribution >= 0.6 is 23.2 Å². The lowest BCUT2D eigenvalue weighted by molar-refractivity contribution is 0.449. The summed E-state index contributed by atoms with van der Waals surface area (Å²) in [7, 11) is -3.24. The molecule has 14 heavy (non-hydrogen) atoms. The van der Waals surface area contributed by atoms with Crippen molar-refractivity contribution in [1.29, 1.82) is 0 Å². The molecule has 0 atom stereocenters. The van der Waals surface area contributed by atoms with Crippen LogP contribution in [0.1, 0.15) is 26.7 Å². The van der Waals surface area contributed by atoms with Gasteiger partial charge in [0.2, 0.25) is 10.0 Å². The van der Waals surface area contributed by atoms with Crippen molar-refractivity contribution >= 4 is 33.2 Å². The quantitative estimate of drug-likeness (QED) is 0.713. The fourth-order valence-corrected chi connectivity index (χ4v) is 3.54. The van der Waals surface area contributed by atoms with Crippen molar-refractivity contribution in [3.05, 3.63) is 0 Å². The van der Waals surface area contributed by atoms with Gasteiger partial charge >= 0.3 is 0 Å². The third-order valence-corrected chi connectivity index (χ3v) is 4.75. The van der Waals surface area contributed by atoms with E-state index >= 15 is 0 Å². The van der Waals surface area contributed by atoms with E-state index in [0.29, 0.717) is 12.8 Å². The number of nitrogens with one attached hydrogen (secondary N) is 1. The highest BCUT2D eigenvalue weighted by atomic mass is 35.5. The van der Waals surface area contributed by atoms with Crippen molar-refractivity contribution in [3.8, 4) is 0 Å². The lowest BCUT2D eigenvalue weighted by atomic mass is 10.0. The summed E-state index contributed by atoms with van der Waals surface area (Å²) in [6.45, 7) is 3.67. The van der Waals surface area contributed by atoms with Gasteiger partial charge < -0.3 is 0 Å². The van der Waals surface area contributed by atoms with Gasteiger partial charge in [0.1, 0.15) is 0 Å². The Bertz CT molecular complexity index is 242. The van der Waals surface area contributed by atoms with E-state index in [0.717, 1.165) is 0 Å². The van der Waals surface area contributed by atoms with Gasteiger partial charge in [-0.3, -0.25) is 0 Å². The lowest BCUT2D eigenvalue weighted by Crippen LogP contribution is -2.51. The molecule has 86 valence electrons. The van der Waals surface area contributed by atoms with Crippen LogP contribution in [0.25, 0.3) is 0 Å². The number of sulfonamides is 1. The van der Waals surface area contributed by atoms with Crippen molar-refractivity contribution in [1.82, 2.24) is 4.72 Å². The molecule has 0 fully saturated rings. The molecular formula is C8H17Cl2NO2S. The van der Waals surface area contributed by atoms with Crippen LogP contribution in [0.3, 0.4) is 0 Å². The molecule has 0 unspecified atom stereocenters. The maximum atomic E-state index is 11.5. The zero-order valence-electron chi connectivity index (χ0n) is 8.52. The second kappa shape index (κ2) is 6.16. The number of hydrogen-bond acceptors (Lipinski definition) is 2. The molecule has 0 aliphatic carbocycles. The SMILES string of the molecule is CCCS(=O)(=O)NC(CC)(CCl)CCl. The van der Waals surface area contributed by atoms with Crippen LogP contribution in [0.4, 0.5) is 0 Å². The monoisotopic (exact) mass is 261 g/mol. The molecule has 0 aromatic heterocycles. The molecule has 0 amide bonds. The van der Waals surface area contributed by atoms with E-state index in [1.165, 1.54) is 0 Å². The number of alkyl halides is 2. The summed E-state index contributed by atoms with van der Waals surface area (Å²) in [5.41, 5.74) is -0.697. The Balaban J connectivity index is 4.59. The van der Waals surface area contributed by atoms with Gasteiger partial charge in [-0.2, -0.15) is 0 Å². The highest BCUT2D eigenvalue weighted by Crippen LogP contribution is 2.16. The predicted octanol–water partition coefficient (Wildman–Crippen LogP) is 1.94. The van der Waals surface area contributed by atoms with Crippen molar-refractivity contribution in [2.45, 2.75) is 32.2 Å². The minimum atomic E-state index is -3.24. The standard InChI is InChI=1S/C8H17Cl2NO2S/c1-3-5-14(12,13)11-8(4-2,6-9)7-10/h11H,3-7H2,1-2H3. The number of hydrogen-bond donors (Lipinski definition) is 1. The Morgan fingerprint density at radius 1 is 1.21 bits per heavy atom. The van der Waals surface area contributed by atoms with Crippen molar-refractivity contribution in [2.24, 2.45) is 0 Å². The predicted molar refractivity (Wildman–Crippen MR) is 61.7 cm³/mol. The smallest absolute Gasteiger partial charge is 0.212 e. The summed E-state index contributed by atoms with van der Waals surface area (Å²) in [4.78, 5) is 0. The first kappa shape index (κ1) is 14.5. The first-order valence-electron chi connectivity index (χ1n) is 4.59. The minimum Gasteiger partial charge on any atom is -0.212 e. The van der Waals surface area contributed by atoms with E-state index in [1.54, 1.807) is 0 Å². The zero-order chi connectivity index (χ0) is 11.2. The highest BCUT2D eigenvalue weighted by molar-refractivity contribution is 7.89. The lowest BCUT2D eigenvalue weighted by Gasteiger charge is -2.28. The van der Waals surface area contributed by atoms with E-state index < -0.39 is 15.6 Å². The van der Waals surface area contributed by atoms with E-state index in [9.17, 15) is 8.42 Å². The average molecular weight is 262 g/mol. The molecule has 0 radical (unpaired) electrons. The van der Waals surface area contributed by atoms with E-state index in [-0.39, 0.29) is 17.5 Å². The van der Waals surface area contributed by atoms with Crippen molar-refractivity contribution < 1.29 is 8.42 Å². The normalized spacial score (nSPS) is 13.1. The molecule has 0 aliphatic rings. The summed E-state index contributed by atoms with van der Waals surface area (Å²) in [6, 6.07) is 0. The fourth-order valence-electron chi connectivity index (χ4n) is 1.00. The van der Waals surface area contributed by atoms with Gasteiger partial charge in [0.15, 0.2) is 0 Å². The molecule has 0 bridgehead atoms. The second-order valence-corrected chi connectivity index (χ2v) is 5.70. The molecule has 0 spiro atoms. The molecule has 1 N–H and O–H groups in total. The van der Waals surface area contributed by atoms with Gasteiger partial charge in [-0.25, -0.2) is 13.1 Å². The first-order chi connectivity index (χ1) is 6.45. The fraction of sp³-hybridized carbons (Fsp3) is 1.00. The van der Waals surface area contributed by atoms with Gasteiger partial charge in [-0.05, 0) is 12.8 Å². The number of rotatable bonds is 7. The molecule has 6 heteroatoms. The maximum absolute atomic E-state index is 11.5. The minimum absolute atomic E-state index is 0.114. The molecule has 0 rings (SSSR count). The largest absolute Gasteiger partial charge is 0.212 e. The maximum Gasteiger partial charge on any atom is 0.212 e. The molecule has 3 nitrogen and oxygen atoms in total. The first-order valence-corrected chi connectivity index (χ1v) is 7.31. The second-order valence-electron chi connectivity index (χ2n) is 3.32. The Kier molecular flexibility index (Phi) is 6.37. The van der Waals surface area contributed by atoms with Gasteiger partial charge in [-0.1, -0.05) is 13.8 Å². The van der Waals surface area contributed by atoms with Gasteiger partial charge in [0.25, 0.3) is 0 Å². The molecule has 0 aromatic carbocycles. The summed E-state index contributed by atoms with van der Waals surface area (Å²) in [5, 5.41) is 0. The van der Waals surface area contributed by atoms with Crippen LogP contribution in [0, 0.1) is 0 Å². The van der Waals surface area contributed by atoms with Crippen molar-refractivity contribution in [3.63, 3.8) is 0 Å². The van der Waals surface area contributed by atoms with Crippen LogP contribution in [-0.2, 0) is 10.0 Å². The van der Waals surface area contributed by atoms with Gasteiger partial charge in [0, 0.05) is 11.8 Å². The molecule has 0 aromatic rings. The molecule has 0 aliphatic heterocycles. The topological polar surface area (TPSA) is 46.2 Å². The highest BCUT2D eigenvalue weighted by Gasteiger charge is 2.30. The van der Waals surface area contributed by atoms with Crippen LogP contribution in [0.5, 0.6) is 0 Å². The zero-order valence-corrected chi connectivity index (χ0v) is 10.8. The van der Waals surface area contributed by atoms with E-state index in [1.807, 2.05) is 13.8 Å². The molecule has 0 saturated heterocycles. The van der Waals surface area contributed by atoms with Crippen LogP contribution in [-0.4, -0.2) is 31.5 Å². The van der Waals surface area contributed by atoms with Crippen LogP contribution in [0.2, 0.25) is 0 Å². The molecule has 0 heterocycles. The Labute approximate surface area is 96.2 Å². The van der Waals surface area contributed by atoms with Crippen LogP contribution < -0.4 is 4.72 Å². The third-order valence-electron chi connectivity index (χ3n) is 2.03. The average Bonchev–Trinajstić information content (AvgIpc) is 2.14. The Hall–Kier alpha value is 0.490. The Morgan fingerprint density at radius 3 is 2.00 bits per heavy atom. The summed E-state index contributed by atoms with van der Waals surface area (Å²) in [6.07, 6.45) is 1.17. The summed E-state index contributed by atoms with van der Waals surface area (Å²) >= 11 is 11.4. The Morgan fingerprint density at radius 2 is 1.71 bits per heavy atom. The van der Waals surface area contributed by atoms with E-state index in [4.69, 9.17) is 23.2 Å². The van der Waals surface area contributed by atoms with Gasteiger partial charge in [-0.15, -0.1) is 23.2 Å². The molecule has 0 saturated carbocycles. The number of halogens is 2. The van der Waals surface area contributed by atoms with Crippen molar-refractivity contribution in [2.75, 3.05) is 17.5 Å². The van der Waals surface area contributed by atoms with E-state index in [2.05, 4.69) is 4.72 Å².